The molecule has 3 heteroatoms. The predicted octanol–water partition coefficient (Wildman–Crippen LogP) is 2.06. The molecule has 0 aliphatic heterocycles. The monoisotopic (exact) mass is 245 g/mol. The Hall–Kier alpha value is -0.570. The summed E-state index contributed by atoms with van der Waals surface area (Å²) < 4.78 is 1.12. The minimum atomic E-state index is -0.991. The second kappa shape index (κ2) is 10.6. The van der Waals surface area contributed by atoms with Gasteiger partial charge in [-0.2, -0.15) is 0 Å². The molecule has 0 N–H and O–H groups in total. The highest BCUT2D eigenvalue weighted by Gasteiger charge is 2.04. The van der Waals surface area contributed by atoms with Crippen LogP contribution in [0.4, 0.5) is 0 Å². The van der Waals surface area contributed by atoms with E-state index in [1.165, 1.54) is 38.6 Å². The standard InChI is InChI=1S/C10H24N.C4H8O2/c1-5-6-7-8-9-10-11(2,3)4;1-3(2)4(5)6/h5-10H2,1-4H3;3H,1-2H3,(H,5,6)/q+1;/p-1. The van der Waals surface area contributed by atoms with Crippen molar-refractivity contribution in [2.75, 3.05) is 27.7 Å². The SMILES string of the molecule is CC(C)C(=O)[O-].CCCCCCC[N+](C)(C)C. The van der Waals surface area contributed by atoms with Crippen LogP contribution in [0.5, 0.6) is 0 Å². The van der Waals surface area contributed by atoms with E-state index in [4.69, 9.17) is 0 Å². The van der Waals surface area contributed by atoms with Crippen molar-refractivity contribution in [3.05, 3.63) is 0 Å². The molecule has 0 aliphatic rings. The number of rotatable bonds is 7. The smallest absolute Gasteiger partial charge is 0.0780 e. The minimum Gasteiger partial charge on any atom is -0.550 e. The van der Waals surface area contributed by atoms with Crippen molar-refractivity contribution in [3.8, 4) is 0 Å². The number of hydrogen-bond donors (Lipinski definition) is 0. The van der Waals surface area contributed by atoms with Gasteiger partial charge in [0, 0.05) is 5.97 Å². The van der Waals surface area contributed by atoms with Crippen LogP contribution >= 0.6 is 0 Å². The van der Waals surface area contributed by atoms with Gasteiger partial charge < -0.3 is 14.4 Å². The third-order valence-electron chi connectivity index (χ3n) is 2.40. The van der Waals surface area contributed by atoms with Gasteiger partial charge in [0.15, 0.2) is 0 Å². The van der Waals surface area contributed by atoms with E-state index in [0.717, 1.165) is 4.48 Å². The lowest BCUT2D eigenvalue weighted by molar-refractivity contribution is -0.870. The van der Waals surface area contributed by atoms with E-state index in [1.54, 1.807) is 13.8 Å². The van der Waals surface area contributed by atoms with Gasteiger partial charge in [0.2, 0.25) is 0 Å². The topological polar surface area (TPSA) is 40.1 Å². The maximum absolute atomic E-state index is 9.59. The number of carboxylic acids is 1. The zero-order valence-corrected chi connectivity index (χ0v) is 12.6. The molecule has 0 fully saturated rings. The average Bonchev–Trinajstić information content (AvgIpc) is 2.16. The molecule has 0 aromatic rings. The lowest BCUT2D eigenvalue weighted by Gasteiger charge is -2.23. The van der Waals surface area contributed by atoms with Crippen LogP contribution in [0.2, 0.25) is 0 Å². The van der Waals surface area contributed by atoms with E-state index in [-0.39, 0.29) is 5.92 Å². The number of carboxylic acid groups (broad SMARTS) is 1. The summed E-state index contributed by atoms with van der Waals surface area (Å²) in [5, 5.41) is 9.59. The Morgan fingerprint density at radius 2 is 1.47 bits per heavy atom. The Balaban J connectivity index is 0. The van der Waals surface area contributed by atoms with Crippen LogP contribution < -0.4 is 5.11 Å². The minimum absolute atomic E-state index is 0.343. The Labute approximate surface area is 107 Å². The van der Waals surface area contributed by atoms with Crippen LogP contribution in [-0.2, 0) is 4.79 Å². The first-order valence-corrected chi connectivity index (χ1v) is 6.72. The van der Waals surface area contributed by atoms with E-state index in [2.05, 4.69) is 28.1 Å². The molecule has 0 amide bonds. The molecule has 17 heavy (non-hydrogen) atoms. The first-order valence-electron chi connectivity index (χ1n) is 6.72. The maximum Gasteiger partial charge on any atom is 0.0780 e. The first-order chi connectivity index (χ1) is 7.70. The Morgan fingerprint density at radius 1 is 1.06 bits per heavy atom. The highest BCUT2D eigenvalue weighted by Crippen LogP contribution is 2.04. The molecule has 0 unspecified atom stereocenters. The molecule has 0 aromatic heterocycles. The van der Waals surface area contributed by atoms with Crippen LogP contribution in [0.1, 0.15) is 52.9 Å². The van der Waals surface area contributed by atoms with Gasteiger partial charge in [-0.15, -0.1) is 0 Å². The highest BCUT2D eigenvalue weighted by atomic mass is 16.4. The highest BCUT2D eigenvalue weighted by molar-refractivity contribution is 5.66. The fourth-order valence-electron chi connectivity index (χ4n) is 1.19. The van der Waals surface area contributed by atoms with Crippen LogP contribution in [0, 0.1) is 5.92 Å². The summed E-state index contributed by atoms with van der Waals surface area (Å²) in [6, 6.07) is 0. The molecule has 0 radical (unpaired) electrons. The van der Waals surface area contributed by atoms with Crippen molar-refractivity contribution in [1.29, 1.82) is 0 Å². The average molecular weight is 245 g/mol. The van der Waals surface area contributed by atoms with Gasteiger partial charge >= 0.3 is 0 Å². The van der Waals surface area contributed by atoms with Crippen molar-refractivity contribution in [1.82, 2.24) is 0 Å². The largest absolute Gasteiger partial charge is 0.550 e. The quantitative estimate of drug-likeness (QED) is 0.509. The Kier molecular flexibility index (Phi) is 11.7. The van der Waals surface area contributed by atoms with E-state index in [1.807, 2.05) is 0 Å². The first kappa shape index (κ1) is 18.8. The molecule has 0 spiro atoms. The molecule has 0 saturated carbocycles. The molecular formula is C14H31NO2. The van der Waals surface area contributed by atoms with Gasteiger partial charge in [-0.1, -0.05) is 40.0 Å². The van der Waals surface area contributed by atoms with Crippen LogP contribution in [0.15, 0.2) is 0 Å². The van der Waals surface area contributed by atoms with Crippen molar-refractivity contribution in [3.63, 3.8) is 0 Å². The number of aliphatic carboxylic acids is 1. The predicted molar refractivity (Wildman–Crippen MR) is 71.5 cm³/mol. The number of nitrogens with zero attached hydrogens (tertiary/aromatic N) is 1. The fourth-order valence-corrected chi connectivity index (χ4v) is 1.19. The number of hydrogen-bond acceptors (Lipinski definition) is 2. The summed E-state index contributed by atoms with van der Waals surface area (Å²) in [5.74, 6) is -1.33. The summed E-state index contributed by atoms with van der Waals surface area (Å²) in [7, 11) is 6.79. The summed E-state index contributed by atoms with van der Waals surface area (Å²) >= 11 is 0. The van der Waals surface area contributed by atoms with Crippen molar-refractivity contribution < 1.29 is 14.4 Å². The molecule has 104 valence electrons. The fraction of sp³-hybridized carbons (Fsp3) is 0.929. The third-order valence-corrected chi connectivity index (χ3v) is 2.40. The van der Waals surface area contributed by atoms with Crippen LogP contribution in [0.25, 0.3) is 0 Å². The number of carbonyl (C=O) groups is 1. The lowest BCUT2D eigenvalue weighted by Crippen LogP contribution is -2.35. The normalized spacial score (nSPS) is 11.0. The van der Waals surface area contributed by atoms with E-state index < -0.39 is 5.97 Å². The Bertz CT molecular complexity index is 183. The van der Waals surface area contributed by atoms with Gasteiger partial charge in [-0.25, -0.2) is 0 Å². The molecular weight excluding hydrogens is 214 g/mol. The van der Waals surface area contributed by atoms with E-state index in [0.29, 0.717) is 0 Å². The molecule has 0 saturated heterocycles. The molecule has 0 heterocycles. The van der Waals surface area contributed by atoms with E-state index in [9.17, 15) is 9.90 Å². The van der Waals surface area contributed by atoms with Gasteiger partial charge in [0.1, 0.15) is 0 Å². The second-order valence-corrected chi connectivity index (χ2v) is 5.90. The third kappa shape index (κ3) is 21.3. The maximum atomic E-state index is 9.59. The zero-order chi connectivity index (χ0) is 13.9. The van der Waals surface area contributed by atoms with Crippen molar-refractivity contribution >= 4 is 5.97 Å². The van der Waals surface area contributed by atoms with Crippen molar-refractivity contribution in [2.45, 2.75) is 52.9 Å². The van der Waals surface area contributed by atoms with Gasteiger partial charge in [0.05, 0.1) is 27.7 Å². The molecule has 0 bridgehead atoms. The number of carbonyl (C=O) groups excluding carboxylic acids is 1. The number of quaternary nitrogens is 1. The molecule has 0 rings (SSSR count). The lowest BCUT2D eigenvalue weighted by atomic mass is 10.1. The van der Waals surface area contributed by atoms with Gasteiger partial charge in [-0.3, -0.25) is 0 Å². The van der Waals surface area contributed by atoms with Crippen molar-refractivity contribution in [2.24, 2.45) is 5.92 Å². The molecule has 0 atom stereocenters. The molecule has 3 nitrogen and oxygen atoms in total. The molecule has 0 aliphatic carbocycles. The summed E-state index contributed by atoms with van der Waals surface area (Å²) in [6.07, 6.45) is 7.00. The zero-order valence-electron chi connectivity index (χ0n) is 12.6. The van der Waals surface area contributed by atoms with Crippen LogP contribution in [0.3, 0.4) is 0 Å². The number of unbranched alkanes of at least 4 members (excludes halogenated alkanes) is 4. The second-order valence-electron chi connectivity index (χ2n) is 5.90. The summed E-state index contributed by atoms with van der Waals surface area (Å²) in [5.41, 5.74) is 0. The summed E-state index contributed by atoms with van der Waals surface area (Å²) in [6.45, 7) is 6.74. The van der Waals surface area contributed by atoms with Crippen LogP contribution in [-0.4, -0.2) is 38.1 Å². The van der Waals surface area contributed by atoms with Gasteiger partial charge in [-0.05, 0) is 18.8 Å². The van der Waals surface area contributed by atoms with Gasteiger partial charge in [0.25, 0.3) is 0 Å². The molecule has 0 aromatic carbocycles. The summed E-state index contributed by atoms with van der Waals surface area (Å²) in [4.78, 5) is 9.59. The van der Waals surface area contributed by atoms with E-state index >= 15 is 0 Å². The Morgan fingerprint density at radius 3 is 1.76 bits per heavy atom.